The van der Waals surface area contributed by atoms with Crippen LogP contribution in [0.2, 0.25) is 0 Å². The van der Waals surface area contributed by atoms with Crippen LogP contribution in [0.3, 0.4) is 0 Å². The van der Waals surface area contributed by atoms with Crippen molar-refractivity contribution in [1.29, 1.82) is 0 Å². The molecule has 1 saturated heterocycles. The molecule has 1 aliphatic heterocycles. The van der Waals surface area contributed by atoms with E-state index >= 15 is 0 Å². The third kappa shape index (κ3) is 6.43. The van der Waals surface area contributed by atoms with Gasteiger partial charge in [-0.05, 0) is 77.8 Å². The van der Waals surface area contributed by atoms with Gasteiger partial charge in [0.05, 0.1) is 0 Å². The Kier molecular flexibility index (Phi) is 6.78. The van der Waals surface area contributed by atoms with Crippen molar-refractivity contribution >= 4 is 0 Å². The second-order valence-electron chi connectivity index (χ2n) is 8.44. The van der Waals surface area contributed by atoms with Gasteiger partial charge in [0.25, 0.3) is 0 Å². The average molecular weight is 280 g/mol. The lowest BCUT2D eigenvalue weighted by atomic mass is 9.80. The maximum Gasteiger partial charge on any atom is 0.0125 e. The number of rotatable bonds is 0. The molecule has 0 bridgehead atoms. The summed E-state index contributed by atoms with van der Waals surface area (Å²) in [6.45, 7) is 16.5. The van der Waals surface area contributed by atoms with Crippen molar-refractivity contribution in [2.75, 3.05) is 13.1 Å². The van der Waals surface area contributed by atoms with E-state index in [9.17, 15) is 0 Å². The van der Waals surface area contributed by atoms with Crippen molar-refractivity contribution in [1.82, 2.24) is 4.90 Å². The lowest BCUT2D eigenvalue weighted by Crippen LogP contribution is -2.44. The van der Waals surface area contributed by atoms with Crippen LogP contribution in [0.15, 0.2) is 11.6 Å². The van der Waals surface area contributed by atoms with Gasteiger partial charge in [0.2, 0.25) is 0 Å². The largest absolute Gasteiger partial charge is 0.298 e. The van der Waals surface area contributed by atoms with Gasteiger partial charge in [-0.25, -0.2) is 0 Å². The fourth-order valence-corrected chi connectivity index (χ4v) is 3.08. The van der Waals surface area contributed by atoms with Gasteiger partial charge >= 0.3 is 0 Å². The van der Waals surface area contributed by atoms with Gasteiger partial charge in [-0.3, -0.25) is 4.90 Å². The van der Waals surface area contributed by atoms with E-state index in [0.717, 1.165) is 0 Å². The van der Waals surface area contributed by atoms with Crippen LogP contribution in [-0.4, -0.2) is 23.5 Å². The molecule has 1 heterocycles. The highest BCUT2D eigenvalue weighted by Crippen LogP contribution is 2.32. The molecule has 0 saturated carbocycles. The normalized spacial score (nSPS) is 21.8. The maximum atomic E-state index is 2.58. The highest BCUT2D eigenvalue weighted by Gasteiger charge is 2.22. The zero-order chi connectivity index (χ0) is 15.2. The Morgan fingerprint density at radius 3 is 1.70 bits per heavy atom. The summed E-state index contributed by atoms with van der Waals surface area (Å²) in [6.07, 6.45) is 12.1. The van der Waals surface area contributed by atoms with E-state index in [2.05, 4.69) is 52.5 Å². The van der Waals surface area contributed by atoms with E-state index < -0.39 is 0 Å². The van der Waals surface area contributed by atoms with Crippen LogP contribution in [0.1, 0.15) is 86.5 Å². The molecule has 0 radical (unpaired) electrons. The third-order valence-corrected chi connectivity index (χ3v) is 4.56. The van der Waals surface area contributed by atoms with Gasteiger partial charge in [-0.15, -0.1) is 0 Å². The van der Waals surface area contributed by atoms with Gasteiger partial charge in [-0.1, -0.05) is 38.8 Å². The summed E-state index contributed by atoms with van der Waals surface area (Å²) in [5.74, 6) is 0. The first kappa shape index (κ1) is 17.8. The van der Waals surface area contributed by atoms with Crippen LogP contribution in [0.25, 0.3) is 0 Å². The Morgan fingerprint density at radius 2 is 1.40 bits per heavy atom. The first-order valence-corrected chi connectivity index (χ1v) is 8.66. The summed E-state index contributed by atoms with van der Waals surface area (Å²) >= 11 is 0. The molecule has 0 amide bonds. The molecule has 20 heavy (non-hydrogen) atoms. The maximum absolute atomic E-state index is 2.58. The van der Waals surface area contributed by atoms with E-state index in [-0.39, 0.29) is 0 Å². The van der Waals surface area contributed by atoms with Crippen LogP contribution >= 0.6 is 0 Å². The second kappa shape index (κ2) is 7.64. The summed E-state index contributed by atoms with van der Waals surface area (Å²) in [5, 5.41) is 0. The van der Waals surface area contributed by atoms with E-state index in [1.165, 1.54) is 58.0 Å². The monoisotopic (exact) mass is 279 g/mol. The minimum absolute atomic E-state index is 0.403. The number of likely N-dealkylation sites (tertiary alicyclic amines) is 1. The predicted molar refractivity (Wildman–Crippen MR) is 91.2 cm³/mol. The van der Waals surface area contributed by atoms with Gasteiger partial charge in [0.15, 0.2) is 0 Å². The molecule has 0 spiro atoms. The van der Waals surface area contributed by atoms with E-state index in [4.69, 9.17) is 0 Å². The molecule has 118 valence electrons. The average Bonchev–Trinajstić information content (AvgIpc) is 2.40. The molecule has 0 aromatic carbocycles. The summed E-state index contributed by atoms with van der Waals surface area (Å²) in [6, 6.07) is 0. The lowest BCUT2D eigenvalue weighted by molar-refractivity contribution is 0.111. The minimum atomic E-state index is 0.403. The van der Waals surface area contributed by atoms with Gasteiger partial charge < -0.3 is 0 Å². The summed E-state index contributed by atoms with van der Waals surface area (Å²) in [7, 11) is 0. The molecule has 1 heteroatoms. The van der Waals surface area contributed by atoms with Crippen molar-refractivity contribution in [2.24, 2.45) is 5.41 Å². The molecular weight excluding hydrogens is 242 g/mol. The van der Waals surface area contributed by atoms with Crippen molar-refractivity contribution in [3.05, 3.63) is 11.6 Å². The van der Waals surface area contributed by atoms with Crippen LogP contribution < -0.4 is 0 Å². The number of nitrogens with zero attached hydrogens (tertiary/aromatic N) is 1. The van der Waals surface area contributed by atoms with Gasteiger partial charge in [-0.2, -0.15) is 0 Å². The van der Waals surface area contributed by atoms with Crippen molar-refractivity contribution in [2.45, 2.75) is 92.0 Å². The highest BCUT2D eigenvalue weighted by molar-refractivity contribution is 5.12. The van der Waals surface area contributed by atoms with E-state index in [0.29, 0.717) is 11.0 Å². The second-order valence-corrected chi connectivity index (χ2v) is 8.44. The van der Waals surface area contributed by atoms with Crippen LogP contribution in [-0.2, 0) is 0 Å². The quantitative estimate of drug-likeness (QED) is 0.506. The first-order chi connectivity index (χ1) is 9.21. The van der Waals surface area contributed by atoms with E-state index in [1.807, 2.05) is 0 Å². The molecule has 0 unspecified atom stereocenters. The molecule has 1 fully saturated rings. The molecule has 2 rings (SSSR count). The molecule has 1 aliphatic carbocycles. The predicted octanol–water partition coefficient (Wildman–Crippen LogP) is 5.80. The molecule has 1 nitrogen and oxygen atoms in total. The fraction of sp³-hybridized carbons (Fsp3) is 0.895. The summed E-state index contributed by atoms with van der Waals surface area (Å²) < 4.78 is 0. The topological polar surface area (TPSA) is 3.24 Å². The van der Waals surface area contributed by atoms with Gasteiger partial charge in [0, 0.05) is 5.54 Å². The lowest BCUT2D eigenvalue weighted by Gasteiger charge is -2.38. The van der Waals surface area contributed by atoms with Crippen molar-refractivity contribution in [3.8, 4) is 0 Å². The molecule has 0 aromatic heterocycles. The summed E-state index contributed by atoms with van der Waals surface area (Å²) in [4.78, 5) is 2.58. The SMILES string of the molecule is CC(C)(C)C1=CCCCC1.CC(C)(C)N1CCCCC1. The standard InChI is InChI=1S/C10H18.C9H19N/c1-10(2,3)9-7-5-4-6-8-9;1-9(2,3)10-7-5-4-6-8-10/h7H,4-6,8H2,1-3H3;4-8H2,1-3H3. The highest BCUT2D eigenvalue weighted by atomic mass is 15.2. The van der Waals surface area contributed by atoms with Crippen LogP contribution in [0, 0.1) is 5.41 Å². The number of hydrogen-bond acceptors (Lipinski definition) is 1. The smallest absolute Gasteiger partial charge is 0.0125 e. The third-order valence-electron chi connectivity index (χ3n) is 4.56. The number of allylic oxidation sites excluding steroid dienone is 2. The Hall–Kier alpha value is -0.300. The Morgan fingerprint density at radius 1 is 0.800 bits per heavy atom. The first-order valence-electron chi connectivity index (χ1n) is 8.66. The molecule has 0 N–H and O–H groups in total. The van der Waals surface area contributed by atoms with Crippen molar-refractivity contribution in [3.63, 3.8) is 0 Å². The Bertz CT molecular complexity index is 295. The van der Waals surface area contributed by atoms with Crippen molar-refractivity contribution < 1.29 is 0 Å². The Balaban J connectivity index is 0.000000200. The number of piperidine rings is 1. The molecule has 0 aromatic rings. The molecule has 2 aliphatic rings. The molecular formula is C19H37N. The van der Waals surface area contributed by atoms with Crippen LogP contribution in [0.5, 0.6) is 0 Å². The molecule has 0 atom stereocenters. The zero-order valence-corrected chi connectivity index (χ0v) is 14.9. The fourth-order valence-electron chi connectivity index (χ4n) is 3.08. The minimum Gasteiger partial charge on any atom is -0.298 e. The van der Waals surface area contributed by atoms with E-state index in [1.54, 1.807) is 5.57 Å². The zero-order valence-electron chi connectivity index (χ0n) is 14.9. The Labute approximate surface area is 127 Å². The van der Waals surface area contributed by atoms with Crippen LogP contribution in [0.4, 0.5) is 0 Å². The summed E-state index contributed by atoms with van der Waals surface area (Å²) in [5.41, 5.74) is 2.50. The van der Waals surface area contributed by atoms with Gasteiger partial charge in [0.1, 0.15) is 0 Å². The number of hydrogen-bond donors (Lipinski definition) is 0.